The summed E-state index contributed by atoms with van der Waals surface area (Å²) in [6.07, 6.45) is 1.74. The van der Waals surface area contributed by atoms with Crippen molar-refractivity contribution in [1.82, 2.24) is 2.78 Å². The highest BCUT2D eigenvalue weighted by Gasteiger charge is 1.90. The predicted octanol–water partition coefficient (Wildman–Crippen LogP) is 1.65. The average Bonchev–Trinajstić information content (AvgIpc) is 1.80. The molecule has 0 aliphatic heterocycles. The molecule has 1 aromatic rings. The number of hydrogen-bond donors (Lipinski definition) is 0. The molecule has 9 heavy (non-hydrogen) atoms. The lowest BCUT2D eigenvalue weighted by Crippen LogP contribution is -2.00. The van der Waals surface area contributed by atoms with Crippen LogP contribution in [0.15, 0.2) is 23.1 Å². The third kappa shape index (κ3) is 1.92. The minimum atomic E-state index is 0.0623. The van der Waals surface area contributed by atoms with Crippen molar-refractivity contribution in [3.8, 4) is 0 Å². The smallest absolute Gasteiger partial charge is 0.182 e. The number of rotatable bonds is 0. The van der Waals surface area contributed by atoms with Crippen molar-refractivity contribution >= 4 is 45.5 Å². The molecule has 0 unspecified atom stereocenters. The van der Waals surface area contributed by atoms with Gasteiger partial charge in [0.05, 0.1) is 26.6 Å². The SMILES string of the molecule is O=c1ccn(I)c(I)c1. The van der Waals surface area contributed by atoms with Crippen LogP contribution in [0.25, 0.3) is 0 Å². The van der Waals surface area contributed by atoms with E-state index in [1.807, 2.05) is 2.78 Å². The second-order valence-electron chi connectivity index (χ2n) is 1.50. The molecule has 1 rings (SSSR count). The summed E-state index contributed by atoms with van der Waals surface area (Å²) >= 11 is 4.22. The van der Waals surface area contributed by atoms with Crippen LogP contribution in [0.4, 0.5) is 0 Å². The van der Waals surface area contributed by atoms with Gasteiger partial charge in [0.15, 0.2) is 5.43 Å². The molecule has 2 nitrogen and oxygen atoms in total. The molecule has 0 atom stereocenters. The van der Waals surface area contributed by atoms with Crippen molar-refractivity contribution in [1.29, 1.82) is 0 Å². The Kier molecular flexibility index (Phi) is 2.50. The van der Waals surface area contributed by atoms with E-state index in [4.69, 9.17) is 0 Å². The number of aromatic nitrogens is 1. The summed E-state index contributed by atoms with van der Waals surface area (Å²) in [7, 11) is 0. The number of hydrogen-bond acceptors (Lipinski definition) is 1. The standard InChI is InChI=1S/C5H3I2NO/c6-5-3-4(9)1-2-8(5)7/h1-3H. The van der Waals surface area contributed by atoms with Gasteiger partial charge in [-0.05, 0) is 22.6 Å². The second-order valence-corrected chi connectivity index (χ2v) is 3.64. The van der Waals surface area contributed by atoms with Gasteiger partial charge in [0.25, 0.3) is 0 Å². The Morgan fingerprint density at radius 3 is 2.67 bits per heavy atom. The molecule has 4 heteroatoms. The highest BCUT2D eigenvalue weighted by molar-refractivity contribution is 14.1. The highest BCUT2D eigenvalue weighted by Crippen LogP contribution is 2.03. The van der Waals surface area contributed by atoms with Crippen LogP contribution in [-0.4, -0.2) is 2.78 Å². The van der Waals surface area contributed by atoms with E-state index in [0.717, 1.165) is 3.70 Å². The molecular formula is C5H3I2NO. The van der Waals surface area contributed by atoms with Crippen LogP contribution in [0.5, 0.6) is 0 Å². The van der Waals surface area contributed by atoms with Crippen LogP contribution in [0, 0.1) is 3.70 Å². The second kappa shape index (κ2) is 3.00. The summed E-state index contributed by atoms with van der Waals surface area (Å²) in [5.41, 5.74) is 0.0623. The lowest BCUT2D eigenvalue weighted by atomic mass is 10.5. The van der Waals surface area contributed by atoms with Crippen molar-refractivity contribution < 1.29 is 0 Å². The molecular weight excluding hydrogens is 344 g/mol. The van der Waals surface area contributed by atoms with Gasteiger partial charge in [-0.2, -0.15) is 0 Å². The van der Waals surface area contributed by atoms with Crippen molar-refractivity contribution in [2.75, 3.05) is 0 Å². The van der Waals surface area contributed by atoms with Gasteiger partial charge < -0.3 is 0 Å². The van der Waals surface area contributed by atoms with Gasteiger partial charge in [0, 0.05) is 18.3 Å². The van der Waals surface area contributed by atoms with Gasteiger partial charge in [-0.3, -0.25) is 7.58 Å². The molecule has 0 spiro atoms. The van der Waals surface area contributed by atoms with Gasteiger partial charge in [0.1, 0.15) is 0 Å². The number of nitrogens with zero attached hydrogens (tertiary/aromatic N) is 1. The Morgan fingerprint density at radius 1 is 1.56 bits per heavy atom. The average molecular weight is 347 g/mol. The van der Waals surface area contributed by atoms with Crippen molar-refractivity contribution in [3.05, 3.63) is 32.3 Å². The Labute approximate surface area is 79.9 Å². The first kappa shape index (κ1) is 7.52. The van der Waals surface area contributed by atoms with Gasteiger partial charge in [0.2, 0.25) is 0 Å². The first-order chi connectivity index (χ1) is 4.20. The zero-order chi connectivity index (χ0) is 6.85. The molecule has 0 bridgehead atoms. The van der Waals surface area contributed by atoms with E-state index in [1.165, 1.54) is 6.07 Å². The molecule has 0 amide bonds. The van der Waals surface area contributed by atoms with E-state index in [9.17, 15) is 4.79 Å². The van der Waals surface area contributed by atoms with Crippen LogP contribution in [0.3, 0.4) is 0 Å². The van der Waals surface area contributed by atoms with Crippen LogP contribution in [0.1, 0.15) is 0 Å². The zero-order valence-corrected chi connectivity index (χ0v) is 8.66. The van der Waals surface area contributed by atoms with Gasteiger partial charge in [-0.25, -0.2) is 0 Å². The van der Waals surface area contributed by atoms with Crippen molar-refractivity contribution in [3.63, 3.8) is 0 Å². The molecule has 0 aromatic carbocycles. The summed E-state index contributed by atoms with van der Waals surface area (Å²) < 4.78 is 2.81. The van der Waals surface area contributed by atoms with Crippen LogP contribution in [-0.2, 0) is 0 Å². The fourth-order valence-corrected chi connectivity index (χ4v) is 1.21. The third-order valence-electron chi connectivity index (χ3n) is 0.835. The molecule has 0 aliphatic carbocycles. The predicted molar refractivity (Wildman–Crippen MR) is 52.8 cm³/mol. The highest BCUT2D eigenvalue weighted by atomic mass is 127. The summed E-state index contributed by atoms with van der Waals surface area (Å²) in [6, 6.07) is 3.13. The Balaban J connectivity index is 3.34. The quantitative estimate of drug-likeness (QED) is 0.517. The zero-order valence-electron chi connectivity index (χ0n) is 4.34. The fourth-order valence-electron chi connectivity index (χ4n) is 0.437. The normalized spacial score (nSPS) is 9.56. The minimum Gasteiger partial charge on any atom is -0.290 e. The monoisotopic (exact) mass is 347 g/mol. The van der Waals surface area contributed by atoms with E-state index >= 15 is 0 Å². The molecule has 0 aliphatic rings. The molecule has 0 radical (unpaired) electrons. The number of halogens is 2. The fraction of sp³-hybridized carbons (Fsp3) is 0. The molecule has 1 heterocycles. The summed E-state index contributed by atoms with van der Waals surface area (Å²) in [6.45, 7) is 0. The molecule has 0 saturated carbocycles. The van der Waals surface area contributed by atoms with Crippen LogP contribution >= 0.6 is 45.5 Å². The van der Waals surface area contributed by atoms with E-state index in [2.05, 4.69) is 45.5 Å². The molecule has 1 aromatic heterocycles. The summed E-state index contributed by atoms with van der Waals surface area (Å²) in [5, 5.41) is 0. The van der Waals surface area contributed by atoms with Crippen molar-refractivity contribution in [2.24, 2.45) is 0 Å². The van der Waals surface area contributed by atoms with E-state index in [1.54, 1.807) is 12.3 Å². The van der Waals surface area contributed by atoms with Gasteiger partial charge in [-0.15, -0.1) is 0 Å². The Bertz CT molecular complexity index is 268. The minimum absolute atomic E-state index is 0.0623. The Morgan fingerprint density at radius 2 is 2.22 bits per heavy atom. The summed E-state index contributed by atoms with van der Waals surface area (Å²) in [5.74, 6) is 0. The molecule has 48 valence electrons. The maximum absolute atomic E-state index is 10.6. The molecule has 0 fully saturated rings. The first-order valence-electron chi connectivity index (χ1n) is 2.24. The van der Waals surface area contributed by atoms with Gasteiger partial charge in [-0.1, -0.05) is 0 Å². The maximum atomic E-state index is 10.6. The van der Waals surface area contributed by atoms with Gasteiger partial charge >= 0.3 is 0 Å². The molecule has 0 saturated heterocycles. The summed E-state index contributed by atoms with van der Waals surface area (Å²) in [4.78, 5) is 10.6. The van der Waals surface area contributed by atoms with E-state index < -0.39 is 0 Å². The lowest BCUT2D eigenvalue weighted by Gasteiger charge is -1.94. The topological polar surface area (TPSA) is 22.0 Å². The van der Waals surface area contributed by atoms with E-state index in [-0.39, 0.29) is 5.43 Å². The van der Waals surface area contributed by atoms with Crippen molar-refractivity contribution in [2.45, 2.75) is 0 Å². The largest absolute Gasteiger partial charge is 0.290 e. The van der Waals surface area contributed by atoms with Crippen LogP contribution in [0.2, 0.25) is 0 Å². The van der Waals surface area contributed by atoms with E-state index in [0.29, 0.717) is 0 Å². The lowest BCUT2D eigenvalue weighted by molar-refractivity contribution is 1.21. The first-order valence-corrected chi connectivity index (χ1v) is 4.29. The third-order valence-corrected chi connectivity index (χ3v) is 3.43. The number of pyridine rings is 1. The van der Waals surface area contributed by atoms with Crippen LogP contribution < -0.4 is 5.43 Å². The molecule has 0 N–H and O–H groups in total. The maximum Gasteiger partial charge on any atom is 0.182 e. The Hall–Kier alpha value is 0.410.